The number of hydrogen-bond donors (Lipinski definition) is 2. The molecule has 2 aromatic rings. The van der Waals surface area contributed by atoms with Crippen LogP contribution in [0.5, 0.6) is 0 Å². The number of carbonyl (C=O) groups is 3. The number of benzene rings is 2. The average Bonchev–Trinajstić information content (AvgIpc) is 3.27. The number of aliphatic carboxylic acids is 1. The second-order valence-corrected chi connectivity index (χ2v) is 14.3. The summed E-state index contributed by atoms with van der Waals surface area (Å²) in [5.74, 6) is -0.426. The third-order valence-electron chi connectivity index (χ3n) is 10.2. The Morgan fingerprint density at radius 3 is 2.18 bits per heavy atom. The second-order valence-electron chi connectivity index (χ2n) is 13.4. The summed E-state index contributed by atoms with van der Waals surface area (Å²) in [5.41, 5.74) is 1.98. The lowest BCUT2D eigenvalue weighted by molar-refractivity contribution is -0.137. The molecular weight excluding hydrogens is 609 g/mol. The van der Waals surface area contributed by atoms with Crippen LogP contribution in [0.4, 0.5) is 0 Å². The second kappa shape index (κ2) is 14.7. The molecule has 2 amide bonds. The van der Waals surface area contributed by atoms with E-state index in [0.717, 1.165) is 56.9 Å². The van der Waals surface area contributed by atoms with Crippen LogP contribution in [0.3, 0.4) is 0 Å². The van der Waals surface area contributed by atoms with E-state index in [1.54, 1.807) is 30.3 Å². The van der Waals surface area contributed by atoms with Crippen molar-refractivity contribution in [1.82, 2.24) is 10.2 Å². The zero-order valence-corrected chi connectivity index (χ0v) is 28.7. The molecule has 1 aliphatic heterocycles. The molecule has 1 heterocycles. The van der Waals surface area contributed by atoms with E-state index in [0.29, 0.717) is 38.7 Å². The molecule has 0 bridgehead atoms. The molecular formula is C36H47Cl2N3O4. The molecule has 244 valence electrons. The van der Waals surface area contributed by atoms with Crippen LogP contribution in [0.1, 0.15) is 120 Å². The molecule has 7 nitrogen and oxygen atoms in total. The van der Waals surface area contributed by atoms with Crippen LogP contribution in [0, 0.1) is 17.3 Å². The molecule has 0 saturated heterocycles. The van der Waals surface area contributed by atoms with Gasteiger partial charge in [-0.15, -0.1) is 0 Å². The van der Waals surface area contributed by atoms with Crippen LogP contribution >= 0.6 is 23.2 Å². The molecule has 4 rings (SSSR count). The maximum absolute atomic E-state index is 14.6. The lowest BCUT2D eigenvalue weighted by atomic mass is 9.65. The van der Waals surface area contributed by atoms with Gasteiger partial charge in [-0.3, -0.25) is 19.4 Å². The molecule has 1 spiro atoms. The van der Waals surface area contributed by atoms with Gasteiger partial charge in [0.05, 0.1) is 12.5 Å². The van der Waals surface area contributed by atoms with Crippen molar-refractivity contribution in [2.24, 2.45) is 22.2 Å². The third-order valence-corrected chi connectivity index (χ3v) is 10.7. The van der Waals surface area contributed by atoms with Gasteiger partial charge in [-0.1, -0.05) is 82.8 Å². The van der Waals surface area contributed by atoms with Crippen molar-refractivity contribution in [3.63, 3.8) is 0 Å². The first-order valence-corrected chi connectivity index (χ1v) is 17.1. The topological polar surface area (TPSA) is 99.1 Å². The van der Waals surface area contributed by atoms with Crippen molar-refractivity contribution >= 4 is 46.7 Å². The summed E-state index contributed by atoms with van der Waals surface area (Å²) in [4.78, 5) is 45.5. The number of aliphatic imine (C=N–C) groups is 1. The van der Waals surface area contributed by atoms with Crippen molar-refractivity contribution in [1.29, 1.82) is 0 Å². The first-order chi connectivity index (χ1) is 21.3. The predicted octanol–water partition coefficient (Wildman–Crippen LogP) is 8.72. The Bertz CT molecular complexity index is 1390. The summed E-state index contributed by atoms with van der Waals surface area (Å²) in [6.45, 7) is 11.4. The minimum absolute atomic E-state index is 0.0570. The van der Waals surface area contributed by atoms with Crippen molar-refractivity contribution < 1.29 is 19.5 Å². The summed E-state index contributed by atoms with van der Waals surface area (Å²) >= 11 is 12.8. The highest BCUT2D eigenvalue weighted by Crippen LogP contribution is 2.51. The van der Waals surface area contributed by atoms with Gasteiger partial charge in [0, 0.05) is 27.7 Å². The molecule has 1 atom stereocenters. The smallest absolute Gasteiger partial charge is 0.305 e. The fourth-order valence-electron chi connectivity index (χ4n) is 7.06. The SMILES string of the molecule is CCC(C)(CC)C1CCC2(CC1)N=C(c1cc(Cl)cc(Cl)c1)C(=O)N2C(CCC(C)C)c1ccc(C(=O)NCCC(=O)O)cc1. The van der Waals surface area contributed by atoms with E-state index in [-0.39, 0.29) is 36.2 Å². The van der Waals surface area contributed by atoms with Gasteiger partial charge in [-0.25, -0.2) is 0 Å². The molecule has 2 N–H and O–H groups in total. The Morgan fingerprint density at radius 2 is 1.64 bits per heavy atom. The monoisotopic (exact) mass is 655 g/mol. The Morgan fingerprint density at radius 1 is 1.04 bits per heavy atom. The molecule has 0 aromatic heterocycles. The maximum Gasteiger partial charge on any atom is 0.305 e. The first-order valence-electron chi connectivity index (χ1n) is 16.3. The number of hydrogen-bond acceptors (Lipinski definition) is 4. The van der Waals surface area contributed by atoms with Crippen molar-refractivity contribution in [2.45, 2.75) is 104 Å². The predicted molar refractivity (Wildman–Crippen MR) is 181 cm³/mol. The summed E-state index contributed by atoms with van der Waals surface area (Å²) in [7, 11) is 0. The Balaban J connectivity index is 1.73. The van der Waals surface area contributed by atoms with Crippen LogP contribution in [0.25, 0.3) is 0 Å². The van der Waals surface area contributed by atoms with E-state index in [9.17, 15) is 14.4 Å². The van der Waals surface area contributed by atoms with E-state index < -0.39 is 11.6 Å². The minimum atomic E-state index is -0.965. The standard InChI is InChI=1S/C36H47Cl2N3O4/c1-6-35(5,7-2)27-14-17-36(18-15-27)40-32(26-20-28(37)22-29(38)21-26)34(45)41(36)30(13-8-23(3)4)24-9-11-25(12-10-24)33(44)39-19-16-31(42)43/h9-12,20-23,27,30H,6-8,13-19H2,1-5H3,(H,39,44)(H,42,43). The fraction of sp³-hybridized carbons (Fsp3) is 0.556. The number of halogens is 2. The van der Waals surface area contributed by atoms with Crippen molar-refractivity contribution in [3.8, 4) is 0 Å². The number of rotatable bonds is 13. The zero-order valence-electron chi connectivity index (χ0n) is 27.2. The molecule has 1 aliphatic carbocycles. The molecule has 2 aromatic carbocycles. The van der Waals surface area contributed by atoms with E-state index in [1.807, 2.05) is 17.0 Å². The summed E-state index contributed by atoms with van der Waals surface area (Å²) in [5, 5.41) is 12.5. The van der Waals surface area contributed by atoms with E-state index >= 15 is 0 Å². The van der Waals surface area contributed by atoms with E-state index in [1.165, 1.54) is 0 Å². The number of nitrogens with zero attached hydrogens (tertiary/aromatic N) is 2. The molecule has 1 fully saturated rings. The zero-order chi connectivity index (χ0) is 32.9. The molecule has 1 saturated carbocycles. The Hall–Kier alpha value is -2.90. The van der Waals surface area contributed by atoms with Gasteiger partial charge >= 0.3 is 5.97 Å². The molecule has 45 heavy (non-hydrogen) atoms. The van der Waals surface area contributed by atoms with Crippen LogP contribution in [-0.2, 0) is 9.59 Å². The average molecular weight is 657 g/mol. The van der Waals surface area contributed by atoms with Gasteiger partial charge in [-0.2, -0.15) is 0 Å². The van der Waals surface area contributed by atoms with Crippen LogP contribution < -0.4 is 5.32 Å². The highest BCUT2D eigenvalue weighted by atomic mass is 35.5. The summed E-state index contributed by atoms with van der Waals surface area (Å²) < 4.78 is 0. The summed E-state index contributed by atoms with van der Waals surface area (Å²) in [6, 6.07) is 12.3. The van der Waals surface area contributed by atoms with Gasteiger partial charge in [-0.05, 0) is 91.7 Å². The van der Waals surface area contributed by atoms with Crippen LogP contribution in [0.15, 0.2) is 47.5 Å². The van der Waals surface area contributed by atoms with Gasteiger partial charge < -0.3 is 15.3 Å². The number of carbonyl (C=O) groups excluding carboxylic acids is 2. The van der Waals surface area contributed by atoms with E-state index in [2.05, 4.69) is 39.9 Å². The lowest BCUT2D eigenvalue weighted by Gasteiger charge is -2.48. The third kappa shape index (κ3) is 7.91. The number of carboxylic acid groups (broad SMARTS) is 1. The maximum atomic E-state index is 14.6. The quantitative estimate of drug-likeness (QED) is 0.225. The fourth-order valence-corrected chi connectivity index (χ4v) is 7.58. The highest BCUT2D eigenvalue weighted by molar-refractivity contribution is 6.47. The minimum Gasteiger partial charge on any atom is -0.481 e. The molecule has 2 aliphatic rings. The van der Waals surface area contributed by atoms with Gasteiger partial charge in [0.25, 0.3) is 11.8 Å². The van der Waals surface area contributed by atoms with Gasteiger partial charge in [0.2, 0.25) is 0 Å². The number of nitrogens with one attached hydrogen (secondary N) is 1. The molecule has 1 unspecified atom stereocenters. The largest absolute Gasteiger partial charge is 0.481 e. The van der Waals surface area contributed by atoms with Gasteiger partial charge in [0.15, 0.2) is 0 Å². The normalized spacial score (nSPS) is 20.9. The van der Waals surface area contributed by atoms with Crippen LogP contribution in [-0.4, -0.2) is 45.7 Å². The van der Waals surface area contributed by atoms with Gasteiger partial charge in [0.1, 0.15) is 11.4 Å². The number of amides is 2. The molecule has 9 heteroatoms. The number of carboxylic acids is 1. The van der Waals surface area contributed by atoms with Crippen molar-refractivity contribution in [2.75, 3.05) is 6.54 Å². The Labute approximate surface area is 277 Å². The summed E-state index contributed by atoms with van der Waals surface area (Å²) in [6.07, 6.45) is 7.28. The first kappa shape index (κ1) is 35.0. The lowest BCUT2D eigenvalue weighted by Crippen LogP contribution is -2.51. The molecule has 0 radical (unpaired) electrons. The van der Waals surface area contributed by atoms with Crippen molar-refractivity contribution in [3.05, 3.63) is 69.2 Å². The highest BCUT2D eigenvalue weighted by Gasteiger charge is 2.53. The Kier molecular flexibility index (Phi) is 11.4. The van der Waals surface area contributed by atoms with E-state index in [4.69, 9.17) is 33.3 Å². The van der Waals surface area contributed by atoms with Crippen LogP contribution in [0.2, 0.25) is 10.0 Å².